The molecule has 1 saturated heterocycles. The van der Waals surface area contributed by atoms with E-state index < -0.39 is 22.3 Å². The smallest absolute Gasteiger partial charge is 0.288 e. The summed E-state index contributed by atoms with van der Waals surface area (Å²) in [6.45, 7) is 1.82. The molecule has 1 unspecified atom stereocenters. The minimum atomic E-state index is -0.760. The molecule has 0 spiro atoms. The first-order valence-electron chi connectivity index (χ1n) is 4.60. The Morgan fingerprint density at radius 2 is 2.19 bits per heavy atom. The van der Waals surface area contributed by atoms with Crippen LogP contribution in [0, 0.1) is 12.7 Å². The van der Waals surface area contributed by atoms with Gasteiger partial charge in [0.2, 0.25) is 0 Å². The van der Waals surface area contributed by atoms with Gasteiger partial charge in [0, 0.05) is 0 Å². The number of halogens is 1. The van der Waals surface area contributed by atoms with Gasteiger partial charge in [0.05, 0.1) is 5.69 Å². The molecule has 1 atom stereocenters. The number of carbonyl (C=O) groups is 2. The summed E-state index contributed by atoms with van der Waals surface area (Å²) < 4.78 is 13.4. The number of carbonyl (C=O) groups excluding carboxylic acids is 2. The Bertz CT molecular complexity index is 464. The van der Waals surface area contributed by atoms with E-state index in [4.69, 9.17) is 0 Å². The fourth-order valence-corrected chi connectivity index (χ4v) is 2.07. The lowest BCUT2D eigenvalue weighted by Crippen LogP contribution is -2.29. The van der Waals surface area contributed by atoms with E-state index in [0.29, 0.717) is 0 Å². The van der Waals surface area contributed by atoms with E-state index in [2.05, 4.69) is 10.6 Å². The number of hydrogen-bond donors (Lipinski definition) is 2. The van der Waals surface area contributed by atoms with Crippen LogP contribution < -0.4 is 10.6 Å². The number of benzene rings is 1. The summed E-state index contributed by atoms with van der Waals surface area (Å²) in [7, 11) is 0. The van der Waals surface area contributed by atoms with Gasteiger partial charge in [-0.05, 0) is 36.4 Å². The van der Waals surface area contributed by atoms with Gasteiger partial charge in [0.1, 0.15) is 5.82 Å². The lowest BCUT2D eigenvalue weighted by atomic mass is 10.2. The van der Waals surface area contributed by atoms with Crippen molar-refractivity contribution in [1.29, 1.82) is 0 Å². The summed E-state index contributed by atoms with van der Waals surface area (Å²) in [6.07, 6.45) is 0. The Hall–Kier alpha value is -1.56. The third kappa shape index (κ3) is 2.16. The van der Waals surface area contributed by atoms with Crippen molar-refractivity contribution in [2.75, 3.05) is 5.32 Å². The normalized spacial score (nSPS) is 19.8. The van der Waals surface area contributed by atoms with Crippen LogP contribution in [-0.4, -0.2) is 16.5 Å². The Labute approximate surface area is 95.6 Å². The second kappa shape index (κ2) is 4.13. The first-order chi connectivity index (χ1) is 7.56. The van der Waals surface area contributed by atoms with E-state index in [1.54, 1.807) is 12.1 Å². The molecule has 1 fully saturated rings. The highest BCUT2D eigenvalue weighted by Crippen LogP contribution is 2.23. The van der Waals surface area contributed by atoms with E-state index in [9.17, 15) is 14.0 Å². The number of imide groups is 1. The number of anilines is 1. The largest absolute Gasteiger partial charge is 0.363 e. The molecule has 1 aromatic carbocycles. The second-order valence-electron chi connectivity index (χ2n) is 3.40. The molecule has 0 bridgehead atoms. The molecular weight excluding hydrogens is 231 g/mol. The number of nitrogens with one attached hydrogen (secondary N) is 2. The monoisotopic (exact) mass is 240 g/mol. The number of amides is 2. The molecule has 1 heterocycles. The van der Waals surface area contributed by atoms with Gasteiger partial charge in [-0.3, -0.25) is 14.9 Å². The van der Waals surface area contributed by atoms with Gasteiger partial charge >= 0.3 is 0 Å². The molecule has 2 rings (SSSR count). The molecule has 2 N–H and O–H groups in total. The lowest BCUT2D eigenvalue weighted by Gasteiger charge is -2.11. The summed E-state index contributed by atoms with van der Waals surface area (Å²) in [6, 6.07) is 4.54. The second-order valence-corrected chi connectivity index (χ2v) is 4.48. The van der Waals surface area contributed by atoms with Crippen molar-refractivity contribution < 1.29 is 14.0 Å². The van der Waals surface area contributed by atoms with Crippen LogP contribution in [0.15, 0.2) is 18.2 Å². The molecule has 84 valence electrons. The minimum absolute atomic E-state index is 0.224. The maximum Gasteiger partial charge on any atom is 0.288 e. The van der Waals surface area contributed by atoms with Crippen molar-refractivity contribution in [2.45, 2.75) is 12.3 Å². The van der Waals surface area contributed by atoms with Crippen molar-refractivity contribution in [3.05, 3.63) is 29.6 Å². The van der Waals surface area contributed by atoms with Crippen molar-refractivity contribution in [3.63, 3.8) is 0 Å². The molecule has 6 heteroatoms. The highest BCUT2D eigenvalue weighted by Gasteiger charge is 2.31. The number of rotatable bonds is 2. The third-order valence-electron chi connectivity index (χ3n) is 2.10. The highest BCUT2D eigenvalue weighted by molar-refractivity contribution is 8.15. The zero-order chi connectivity index (χ0) is 11.7. The van der Waals surface area contributed by atoms with Gasteiger partial charge in [-0.15, -0.1) is 0 Å². The van der Waals surface area contributed by atoms with Crippen LogP contribution in [0.2, 0.25) is 0 Å². The Morgan fingerprint density at radius 1 is 1.44 bits per heavy atom. The van der Waals surface area contributed by atoms with Gasteiger partial charge in [-0.1, -0.05) is 6.07 Å². The lowest BCUT2D eigenvalue weighted by molar-refractivity contribution is -0.118. The Morgan fingerprint density at radius 3 is 2.81 bits per heavy atom. The van der Waals surface area contributed by atoms with Crippen LogP contribution in [0.3, 0.4) is 0 Å². The van der Waals surface area contributed by atoms with Crippen molar-refractivity contribution in [3.8, 4) is 0 Å². The summed E-state index contributed by atoms with van der Waals surface area (Å²) in [5, 5.41) is 3.63. The molecule has 0 aliphatic carbocycles. The summed E-state index contributed by atoms with van der Waals surface area (Å²) in [5.74, 6) is -0.894. The van der Waals surface area contributed by atoms with E-state index >= 15 is 0 Å². The summed E-state index contributed by atoms with van der Waals surface area (Å²) >= 11 is 0.806. The standard InChI is InChI=1S/C10H9FN2O2S/c1-5-2-3-6(11)7(4-5)12-9-8(14)13-10(15)16-9/h2-4,9,12H,1H3,(H,13,14,15). The zero-order valence-electron chi connectivity index (χ0n) is 8.41. The fraction of sp³-hybridized carbons (Fsp3) is 0.200. The molecule has 1 aromatic rings. The molecule has 0 radical (unpaired) electrons. The molecule has 0 aromatic heterocycles. The molecule has 2 amide bonds. The maximum atomic E-state index is 13.4. The number of aryl methyl sites for hydroxylation is 1. The third-order valence-corrected chi connectivity index (χ3v) is 2.98. The minimum Gasteiger partial charge on any atom is -0.363 e. The Balaban J connectivity index is 2.18. The van der Waals surface area contributed by atoms with Gasteiger partial charge in [-0.2, -0.15) is 0 Å². The van der Waals surface area contributed by atoms with Gasteiger partial charge in [0.15, 0.2) is 5.37 Å². The maximum absolute atomic E-state index is 13.4. The van der Waals surface area contributed by atoms with Crippen LogP contribution in [0.4, 0.5) is 14.9 Å². The molecular formula is C10H9FN2O2S. The van der Waals surface area contributed by atoms with Crippen molar-refractivity contribution >= 4 is 28.6 Å². The molecule has 4 nitrogen and oxygen atoms in total. The number of thioether (sulfide) groups is 1. The van der Waals surface area contributed by atoms with E-state index in [1.165, 1.54) is 6.07 Å². The first-order valence-corrected chi connectivity index (χ1v) is 5.48. The Kier molecular flexibility index (Phi) is 2.82. The topological polar surface area (TPSA) is 58.2 Å². The summed E-state index contributed by atoms with van der Waals surface area (Å²) in [5.41, 5.74) is 1.10. The van der Waals surface area contributed by atoms with Gasteiger partial charge in [-0.25, -0.2) is 4.39 Å². The SMILES string of the molecule is Cc1ccc(F)c(NC2SC(=O)NC2=O)c1. The summed E-state index contributed by atoms with van der Waals surface area (Å²) in [4.78, 5) is 22.2. The predicted molar refractivity (Wildman–Crippen MR) is 59.7 cm³/mol. The van der Waals surface area contributed by atoms with Crippen molar-refractivity contribution in [2.24, 2.45) is 0 Å². The fourth-order valence-electron chi connectivity index (χ4n) is 1.34. The van der Waals surface area contributed by atoms with E-state index in [-0.39, 0.29) is 5.69 Å². The van der Waals surface area contributed by atoms with Crippen LogP contribution in [0.5, 0.6) is 0 Å². The quantitative estimate of drug-likeness (QED) is 0.828. The van der Waals surface area contributed by atoms with Crippen molar-refractivity contribution in [1.82, 2.24) is 5.32 Å². The average molecular weight is 240 g/mol. The van der Waals surface area contributed by atoms with E-state index in [0.717, 1.165) is 17.3 Å². The zero-order valence-corrected chi connectivity index (χ0v) is 9.23. The highest BCUT2D eigenvalue weighted by atomic mass is 32.2. The molecule has 1 aliphatic rings. The predicted octanol–water partition coefficient (Wildman–Crippen LogP) is 1.86. The van der Waals surface area contributed by atoms with Gasteiger partial charge < -0.3 is 5.32 Å². The van der Waals surface area contributed by atoms with Crippen LogP contribution >= 0.6 is 11.8 Å². The number of hydrogen-bond acceptors (Lipinski definition) is 4. The van der Waals surface area contributed by atoms with Crippen LogP contribution in [0.1, 0.15) is 5.56 Å². The van der Waals surface area contributed by atoms with Crippen LogP contribution in [-0.2, 0) is 4.79 Å². The van der Waals surface area contributed by atoms with Gasteiger partial charge in [0.25, 0.3) is 11.1 Å². The molecule has 1 aliphatic heterocycles. The molecule has 0 saturated carbocycles. The molecule has 16 heavy (non-hydrogen) atoms. The van der Waals surface area contributed by atoms with E-state index in [1.807, 2.05) is 6.92 Å². The average Bonchev–Trinajstić information content (AvgIpc) is 2.51. The van der Waals surface area contributed by atoms with Crippen LogP contribution in [0.25, 0.3) is 0 Å². The first kappa shape index (κ1) is 10.9.